The molecule has 0 bridgehead atoms. The zero-order chi connectivity index (χ0) is 35.9. The number of phenols is 1. The van der Waals surface area contributed by atoms with E-state index in [9.17, 15) is 32.7 Å². The summed E-state index contributed by atoms with van der Waals surface area (Å²) in [6.45, 7) is 2.03. The van der Waals surface area contributed by atoms with Gasteiger partial charge in [0.05, 0.1) is 33.8 Å². The number of pyridine rings is 1. The number of carbonyl (C=O) groups excluding carboxylic acids is 4. The number of halogens is 6. The molecule has 2 N–H and O–H groups in total. The third-order valence-corrected chi connectivity index (χ3v) is 11.0. The Hall–Kier alpha value is -4.49. The van der Waals surface area contributed by atoms with Crippen molar-refractivity contribution in [2.75, 3.05) is 12.0 Å². The van der Waals surface area contributed by atoms with Crippen molar-refractivity contribution >= 4 is 52.6 Å². The smallest absolute Gasteiger partial charge is 0.417 e. The first-order chi connectivity index (χ1) is 23.7. The minimum atomic E-state index is -4.77. The van der Waals surface area contributed by atoms with Crippen LogP contribution in [0.3, 0.4) is 0 Å². The van der Waals surface area contributed by atoms with Gasteiger partial charge in [-0.15, -0.1) is 0 Å². The van der Waals surface area contributed by atoms with Gasteiger partial charge in [0.25, 0.3) is 11.8 Å². The normalized spacial score (nSPS) is 27.7. The van der Waals surface area contributed by atoms with E-state index in [1.165, 1.54) is 41.3 Å². The number of aromatic hydroxyl groups is 1. The number of carbonyl (C=O) groups is 4. The Morgan fingerprint density at radius 2 is 1.74 bits per heavy atom. The molecule has 3 fully saturated rings. The number of rotatable bonds is 6. The average Bonchev–Trinajstić information content (AvgIpc) is 3.44. The highest BCUT2D eigenvalue weighted by molar-refractivity contribution is 6.33. The number of phenolic OH excluding ortho intramolecular Hbond substituents is 1. The van der Waals surface area contributed by atoms with Crippen LogP contribution in [0.25, 0.3) is 0 Å². The summed E-state index contributed by atoms with van der Waals surface area (Å²) in [5.41, 5.74) is 0.194. The van der Waals surface area contributed by atoms with Gasteiger partial charge in [0.15, 0.2) is 17.4 Å². The Morgan fingerprint density at radius 3 is 2.40 bits per heavy atom. The van der Waals surface area contributed by atoms with E-state index in [2.05, 4.69) is 10.4 Å². The molecule has 2 aromatic carbocycles. The van der Waals surface area contributed by atoms with Crippen molar-refractivity contribution in [1.29, 1.82) is 0 Å². The summed E-state index contributed by atoms with van der Waals surface area (Å²) in [6.07, 6.45) is -1.97. The van der Waals surface area contributed by atoms with E-state index in [4.69, 9.17) is 23.2 Å². The highest BCUT2D eigenvalue weighted by atomic mass is 35.5. The van der Waals surface area contributed by atoms with Crippen LogP contribution in [0.15, 0.2) is 66.4 Å². The monoisotopic (exact) mass is 730 g/mol. The van der Waals surface area contributed by atoms with Crippen molar-refractivity contribution in [3.63, 3.8) is 0 Å². The zero-order valence-corrected chi connectivity index (χ0v) is 27.7. The Labute approximate surface area is 292 Å². The van der Waals surface area contributed by atoms with Crippen LogP contribution in [0.2, 0.25) is 10.0 Å². The number of nitrogens with zero attached hydrogens (tertiary/aromatic N) is 3. The van der Waals surface area contributed by atoms with Crippen LogP contribution in [0, 0.1) is 29.5 Å². The van der Waals surface area contributed by atoms with Crippen LogP contribution in [-0.2, 0) is 30.8 Å². The van der Waals surface area contributed by atoms with Crippen LogP contribution in [0.1, 0.15) is 48.8 Å². The van der Waals surface area contributed by atoms with Gasteiger partial charge in [-0.2, -0.15) is 18.2 Å². The molecule has 3 heterocycles. The number of amides is 4. The number of nitrogens with one attached hydrogen (secondary N) is 1. The van der Waals surface area contributed by atoms with Gasteiger partial charge >= 0.3 is 6.18 Å². The number of para-hydroxylation sites is 1. The predicted molar refractivity (Wildman–Crippen MR) is 172 cm³/mol. The van der Waals surface area contributed by atoms with Crippen molar-refractivity contribution < 1.29 is 41.8 Å². The van der Waals surface area contributed by atoms with Gasteiger partial charge < -0.3 is 5.11 Å². The van der Waals surface area contributed by atoms with Crippen molar-refractivity contribution in [2.24, 2.45) is 23.7 Å². The first kappa shape index (κ1) is 34.0. The molecule has 260 valence electrons. The molecule has 4 amide bonds. The maximum Gasteiger partial charge on any atom is 0.417 e. The van der Waals surface area contributed by atoms with E-state index in [0.717, 1.165) is 6.07 Å². The summed E-state index contributed by atoms with van der Waals surface area (Å²) in [7, 11) is 0. The van der Waals surface area contributed by atoms with Gasteiger partial charge in [0, 0.05) is 29.2 Å². The first-order valence-electron chi connectivity index (χ1n) is 15.9. The third kappa shape index (κ3) is 4.91. The molecule has 2 aliphatic carbocycles. The molecule has 4 aliphatic rings. The van der Waals surface area contributed by atoms with Crippen LogP contribution >= 0.6 is 23.2 Å². The number of hydrogen-bond acceptors (Lipinski definition) is 7. The average molecular weight is 732 g/mol. The number of hydrogen-bond donors (Lipinski definition) is 2. The number of benzene rings is 2. The molecule has 7 rings (SSSR count). The molecule has 6 unspecified atom stereocenters. The van der Waals surface area contributed by atoms with E-state index >= 15 is 9.18 Å². The lowest BCUT2D eigenvalue weighted by molar-refractivity contribution is -0.141. The number of alkyl halides is 3. The Kier molecular flexibility index (Phi) is 8.21. The maximum atomic E-state index is 15.2. The van der Waals surface area contributed by atoms with Crippen LogP contribution in [0.4, 0.5) is 23.4 Å². The molecule has 0 radical (unpaired) electrons. The summed E-state index contributed by atoms with van der Waals surface area (Å²) < 4.78 is 55.3. The molecule has 0 spiro atoms. The second kappa shape index (κ2) is 12.1. The lowest BCUT2D eigenvalue weighted by atomic mass is 9.49. The highest BCUT2D eigenvalue weighted by Gasteiger charge is 2.70. The molecule has 2 aliphatic heterocycles. The highest BCUT2D eigenvalue weighted by Crippen LogP contribution is 2.65. The van der Waals surface area contributed by atoms with E-state index < -0.39 is 86.9 Å². The number of hydrazine groups is 1. The molecular formula is C35H28Cl2F4N4O5. The molecule has 6 atom stereocenters. The Balaban J connectivity index is 1.44. The van der Waals surface area contributed by atoms with E-state index in [-0.39, 0.29) is 36.4 Å². The van der Waals surface area contributed by atoms with Crippen molar-refractivity contribution in [3.05, 3.63) is 98.9 Å². The van der Waals surface area contributed by atoms with Gasteiger partial charge in [-0.25, -0.2) is 9.37 Å². The number of imide groups is 2. The lowest BCUT2D eigenvalue weighted by Gasteiger charge is -2.50. The molecule has 9 nitrogen and oxygen atoms in total. The van der Waals surface area contributed by atoms with Gasteiger partial charge in [-0.1, -0.05) is 66.0 Å². The zero-order valence-electron chi connectivity index (χ0n) is 26.2. The largest absolute Gasteiger partial charge is 0.505 e. The fourth-order valence-corrected chi connectivity index (χ4v) is 8.74. The number of allylic oxidation sites excluding steroid dienone is 2. The van der Waals surface area contributed by atoms with Crippen molar-refractivity contribution in [2.45, 2.75) is 43.7 Å². The van der Waals surface area contributed by atoms with Crippen LogP contribution in [-0.4, -0.2) is 50.2 Å². The van der Waals surface area contributed by atoms with E-state index in [0.29, 0.717) is 34.3 Å². The second-order valence-electron chi connectivity index (χ2n) is 12.9. The fourth-order valence-electron chi connectivity index (χ4n) is 8.40. The first-order valence-corrected chi connectivity index (χ1v) is 16.6. The maximum absolute atomic E-state index is 15.2. The summed E-state index contributed by atoms with van der Waals surface area (Å²) in [5, 5.41) is 11.6. The fraction of sp³-hybridized carbons (Fsp3) is 0.343. The minimum Gasteiger partial charge on any atom is -0.505 e. The molecule has 2 saturated heterocycles. The summed E-state index contributed by atoms with van der Waals surface area (Å²) in [5.74, 6) is -9.53. The number of anilines is 1. The van der Waals surface area contributed by atoms with Crippen molar-refractivity contribution in [3.8, 4) is 5.75 Å². The van der Waals surface area contributed by atoms with Crippen molar-refractivity contribution in [1.82, 2.24) is 14.9 Å². The molecule has 3 aromatic rings. The predicted octanol–water partition coefficient (Wildman–Crippen LogP) is 6.65. The summed E-state index contributed by atoms with van der Waals surface area (Å²) >= 11 is 12.4. The number of likely N-dealkylation sites (tertiary alicyclic amines) is 1. The number of fused-ring (bicyclic) bond motifs is 4. The summed E-state index contributed by atoms with van der Waals surface area (Å²) in [6, 6.07) is 10.5. The quantitative estimate of drug-likeness (QED) is 0.166. The topological polar surface area (TPSA) is 120 Å². The molecule has 15 heteroatoms. The van der Waals surface area contributed by atoms with E-state index in [1.54, 1.807) is 6.08 Å². The Bertz CT molecular complexity index is 1990. The van der Waals surface area contributed by atoms with E-state index in [1.807, 2.05) is 6.92 Å². The minimum absolute atomic E-state index is 0.0322. The molecular weight excluding hydrogens is 703 g/mol. The second-order valence-corrected chi connectivity index (χ2v) is 13.8. The third-order valence-electron chi connectivity index (χ3n) is 10.4. The summed E-state index contributed by atoms with van der Waals surface area (Å²) in [4.78, 5) is 62.0. The van der Waals surface area contributed by atoms with Gasteiger partial charge in [0.1, 0.15) is 0 Å². The lowest BCUT2D eigenvalue weighted by Crippen LogP contribution is -2.53. The molecule has 50 heavy (non-hydrogen) atoms. The Morgan fingerprint density at radius 1 is 1.02 bits per heavy atom. The standard InChI is InChI=1S/C35H28Cl2F4N4O5/c1-2-12-44-30(47)20-11-10-19-22(26(20)32(44)49)14-23-31(48)45(43-29-24(37)13-17(15-42-29)35(39,40)41)33(50)34(23,16-6-8-18(36)9-7-16)27(19)21-4-3-5-25(38)28(21)46/h3-10,13,15,20,22-23,26-27,46H,2,11-12,14H2,1H3,(H,42,43). The van der Waals surface area contributed by atoms with Crippen LogP contribution < -0.4 is 5.43 Å². The van der Waals surface area contributed by atoms with Gasteiger partial charge in [0.2, 0.25) is 11.8 Å². The van der Waals surface area contributed by atoms with Crippen LogP contribution in [0.5, 0.6) is 5.75 Å². The molecule has 1 aromatic heterocycles. The van der Waals surface area contributed by atoms with Gasteiger partial charge in [-0.05, 0) is 55.0 Å². The number of aromatic nitrogens is 1. The SMILES string of the molecule is CCCN1C(=O)C2CC=C3C(CC4C(=O)N(Nc5ncc(C(F)(F)F)cc5Cl)C(=O)C4(c4ccc(Cl)cc4)C3c3cccc(F)c3O)C2C1=O. The van der Waals surface area contributed by atoms with Gasteiger partial charge in [-0.3, -0.25) is 29.5 Å². The molecule has 1 saturated carbocycles.